The van der Waals surface area contributed by atoms with Gasteiger partial charge in [-0.15, -0.1) is 0 Å². The molecule has 0 aromatic heterocycles. The lowest BCUT2D eigenvalue weighted by atomic mass is 9.98. The van der Waals surface area contributed by atoms with Gasteiger partial charge in [0.25, 0.3) is 0 Å². The van der Waals surface area contributed by atoms with Crippen LogP contribution in [0.2, 0.25) is 0 Å². The summed E-state index contributed by atoms with van der Waals surface area (Å²) in [7, 11) is 1.20. The molecule has 1 aliphatic rings. The van der Waals surface area contributed by atoms with E-state index in [1.165, 1.54) is 7.11 Å². The van der Waals surface area contributed by atoms with Gasteiger partial charge in [-0.3, -0.25) is 9.59 Å². The molecule has 1 aliphatic carbocycles. The van der Waals surface area contributed by atoms with Crippen molar-refractivity contribution < 1.29 is 33.8 Å². The van der Waals surface area contributed by atoms with Crippen LogP contribution in [0.25, 0.3) is 11.1 Å². The Kier molecular flexibility index (Phi) is 8.24. The summed E-state index contributed by atoms with van der Waals surface area (Å²) >= 11 is 0. The molecule has 2 atom stereocenters. The van der Waals surface area contributed by atoms with Gasteiger partial charge >= 0.3 is 18.0 Å². The first kappa shape index (κ1) is 24.8. The summed E-state index contributed by atoms with van der Waals surface area (Å²) in [4.78, 5) is 47.8. The monoisotopic (exact) mass is 468 g/mol. The van der Waals surface area contributed by atoms with E-state index in [-0.39, 0.29) is 31.8 Å². The molecule has 0 saturated carbocycles. The number of alkyl carbamates (subject to hydrolysis) is 1. The molecule has 3 N–H and O–H groups in total. The van der Waals surface area contributed by atoms with Crippen LogP contribution in [0.1, 0.15) is 43.2 Å². The van der Waals surface area contributed by atoms with Crippen molar-refractivity contribution in [2.24, 2.45) is 0 Å². The van der Waals surface area contributed by atoms with Crippen molar-refractivity contribution in [3.05, 3.63) is 59.7 Å². The highest BCUT2D eigenvalue weighted by atomic mass is 16.5. The number of carbonyl (C=O) groups excluding carboxylic acids is 3. The van der Waals surface area contributed by atoms with Crippen molar-refractivity contribution in [2.45, 2.75) is 44.2 Å². The lowest BCUT2D eigenvalue weighted by Crippen LogP contribution is -2.51. The summed E-state index contributed by atoms with van der Waals surface area (Å²) in [5.74, 6) is -2.66. The van der Waals surface area contributed by atoms with Crippen LogP contribution in [0.4, 0.5) is 4.79 Å². The van der Waals surface area contributed by atoms with Gasteiger partial charge in [0.15, 0.2) is 0 Å². The Labute approximate surface area is 197 Å². The zero-order valence-corrected chi connectivity index (χ0v) is 19.1. The van der Waals surface area contributed by atoms with Crippen LogP contribution in [0.5, 0.6) is 0 Å². The Morgan fingerprint density at radius 3 is 2.06 bits per heavy atom. The average Bonchev–Trinajstić information content (AvgIpc) is 3.16. The van der Waals surface area contributed by atoms with Crippen molar-refractivity contribution in [3.8, 4) is 11.1 Å². The highest BCUT2D eigenvalue weighted by molar-refractivity contribution is 5.89. The van der Waals surface area contributed by atoms with Crippen molar-refractivity contribution in [3.63, 3.8) is 0 Å². The smallest absolute Gasteiger partial charge is 0.407 e. The summed E-state index contributed by atoms with van der Waals surface area (Å²) in [6.45, 7) is 1.77. The quantitative estimate of drug-likeness (QED) is 0.457. The molecule has 9 nitrogen and oxygen atoms in total. The third-order valence-corrected chi connectivity index (χ3v) is 5.84. The molecule has 0 bridgehead atoms. The number of nitrogens with one attached hydrogen (secondary N) is 2. The van der Waals surface area contributed by atoms with Gasteiger partial charge < -0.3 is 25.2 Å². The minimum atomic E-state index is -1.29. The van der Waals surface area contributed by atoms with Crippen molar-refractivity contribution in [1.82, 2.24) is 10.6 Å². The number of carboxylic acids is 1. The van der Waals surface area contributed by atoms with Crippen LogP contribution in [-0.4, -0.2) is 54.8 Å². The Morgan fingerprint density at radius 1 is 0.941 bits per heavy atom. The number of benzene rings is 2. The van der Waals surface area contributed by atoms with E-state index in [0.29, 0.717) is 0 Å². The van der Waals surface area contributed by atoms with Crippen molar-refractivity contribution in [2.75, 3.05) is 13.7 Å². The number of esters is 1. The molecule has 180 valence electrons. The standard InChI is InChI=1S/C25H28N2O7/c1-3-20(23(29)26-21(24(30)31)12-13-22(28)33-2)27-25(32)34-14-19-17-10-6-4-8-15(17)16-9-5-7-11-18(16)19/h4-11,19-21H,3,12-14H2,1-2H3,(H,26,29)(H,27,32)(H,30,31)/t20-,21?/m1/s1. The molecule has 34 heavy (non-hydrogen) atoms. The number of ether oxygens (including phenoxy) is 2. The van der Waals surface area contributed by atoms with E-state index in [4.69, 9.17) is 4.74 Å². The second-order valence-corrected chi connectivity index (χ2v) is 7.94. The number of hydrogen-bond acceptors (Lipinski definition) is 6. The highest BCUT2D eigenvalue weighted by Crippen LogP contribution is 2.44. The Morgan fingerprint density at radius 2 is 1.53 bits per heavy atom. The highest BCUT2D eigenvalue weighted by Gasteiger charge is 2.30. The fourth-order valence-electron chi connectivity index (χ4n) is 4.03. The summed E-state index contributed by atoms with van der Waals surface area (Å²) < 4.78 is 9.96. The summed E-state index contributed by atoms with van der Waals surface area (Å²) in [5.41, 5.74) is 4.33. The van der Waals surface area contributed by atoms with Crippen molar-refractivity contribution >= 4 is 23.9 Å². The number of hydrogen-bond donors (Lipinski definition) is 3. The summed E-state index contributed by atoms with van der Waals surface area (Å²) in [6.07, 6.45) is -0.843. The lowest BCUT2D eigenvalue weighted by Gasteiger charge is -2.21. The van der Waals surface area contributed by atoms with Crippen LogP contribution < -0.4 is 10.6 Å². The fourth-order valence-corrected chi connectivity index (χ4v) is 4.03. The number of methoxy groups -OCH3 is 1. The number of carboxylic acid groups (broad SMARTS) is 1. The third kappa shape index (κ3) is 5.72. The van der Waals surface area contributed by atoms with Gasteiger partial charge in [-0.2, -0.15) is 0 Å². The molecule has 0 saturated heterocycles. The molecule has 2 aromatic carbocycles. The molecule has 2 amide bonds. The first-order valence-corrected chi connectivity index (χ1v) is 11.1. The van der Waals surface area contributed by atoms with Crippen LogP contribution >= 0.6 is 0 Å². The average molecular weight is 469 g/mol. The van der Waals surface area contributed by atoms with E-state index in [9.17, 15) is 24.3 Å². The van der Waals surface area contributed by atoms with Gasteiger partial charge in [0.2, 0.25) is 5.91 Å². The van der Waals surface area contributed by atoms with Crippen LogP contribution in [0.3, 0.4) is 0 Å². The van der Waals surface area contributed by atoms with Gasteiger partial charge in [-0.05, 0) is 35.1 Å². The molecule has 0 heterocycles. The van der Waals surface area contributed by atoms with Crippen LogP contribution in [0.15, 0.2) is 48.5 Å². The maximum Gasteiger partial charge on any atom is 0.407 e. The second kappa shape index (κ2) is 11.3. The molecular formula is C25H28N2O7. The van der Waals surface area contributed by atoms with Gasteiger partial charge in [0.1, 0.15) is 18.7 Å². The Balaban J connectivity index is 1.58. The minimum absolute atomic E-state index is 0.0921. The number of rotatable bonds is 10. The van der Waals surface area contributed by atoms with E-state index < -0.39 is 36.0 Å². The molecule has 3 rings (SSSR count). The van der Waals surface area contributed by atoms with Crippen LogP contribution in [-0.2, 0) is 23.9 Å². The molecule has 0 fully saturated rings. The van der Waals surface area contributed by atoms with E-state index in [0.717, 1.165) is 22.3 Å². The van der Waals surface area contributed by atoms with E-state index in [2.05, 4.69) is 15.4 Å². The molecular weight excluding hydrogens is 440 g/mol. The molecule has 0 spiro atoms. The normalized spacial score (nSPS) is 13.7. The number of carbonyl (C=O) groups is 4. The van der Waals surface area contributed by atoms with Gasteiger partial charge in [0, 0.05) is 12.3 Å². The minimum Gasteiger partial charge on any atom is -0.480 e. The SMILES string of the molecule is CC[C@@H](NC(=O)OCC1c2ccccc2-c2ccccc21)C(=O)NC(CCC(=O)OC)C(=O)O. The topological polar surface area (TPSA) is 131 Å². The third-order valence-electron chi connectivity index (χ3n) is 5.84. The zero-order valence-electron chi connectivity index (χ0n) is 19.1. The Hall–Kier alpha value is -3.88. The lowest BCUT2D eigenvalue weighted by molar-refractivity contribution is -0.144. The van der Waals surface area contributed by atoms with Gasteiger partial charge in [-0.1, -0.05) is 55.5 Å². The number of amides is 2. The van der Waals surface area contributed by atoms with Crippen LogP contribution in [0, 0.1) is 0 Å². The largest absolute Gasteiger partial charge is 0.480 e. The maximum absolute atomic E-state index is 12.6. The van der Waals surface area contributed by atoms with E-state index >= 15 is 0 Å². The molecule has 0 radical (unpaired) electrons. The first-order chi connectivity index (χ1) is 16.3. The first-order valence-electron chi connectivity index (χ1n) is 11.1. The van der Waals surface area contributed by atoms with Crippen molar-refractivity contribution in [1.29, 1.82) is 0 Å². The second-order valence-electron chi connectivity index (χ2n) is 7.94. The Bertz CT molecular complexity index is 1020. The van der Waals surface area contributed by atoms with E-state index in [1.54, 1.807) is 6.92 Å². The van der Waals surface area contributed by atoms with Gasteiger partial charge in [0.05, 0.1) is 7.11 Å². The maximum atomic E-state index is 12.6. The number of aliphatic carboxylic acids is 1. The predicted octanol–water partition coefficient (Wildman–Crippen LogP) is 2.83. The molecule has 9 heteroatoms. The van der Waals surface area contributed by atoms with E-state index in [1.807, 2.05) is 48.5 Å². The summed E-state index contributed by atoms with van der Waals surface area (Å²) in [6, 6.07) is 13.6. The molecule has 1 unspecified atom stereocenters. The molecule has 2 aromatic rings. The van der Waals surface area contributed by atoms with Gasteiger partial charge in [-0.25, -0.2) is 9.59 Å². The summed E-state index contributed by atoms with van der Waals surface area (Å²) in [5, 5.41) is 14.2. The zero-order chi connectivity index (χ0) is 24.7. The predicted molar refractivity (Wildman–Crippen MR) is 123 cm³/mol. The fraction of sp³-hybridized carbons (Fsp3) is 0.360. The number of fused-ring (bicyclic) bond motifs is 3. The molecule has 0 aliphatic heterocycles.